The van der Waals surface area contributed by atoms with E-state index >= 15 is 0 Å². The zero-order valence-electron chi connectivity index (χ0n) is 14.8. The fraction of sp³-hybridized carbons (Fsp3) is 0.900. The Morgan fingerprint density at radius 2 is 1.78 bits per heavy atom. The van der Waals surface area contributed by atoms with Crippen LogP contribution in [-0.4, -0.2) is 34.6 Å². The van der Waals surface area contributed by atoms with Crippen molar-refractivity contribution in [3.8, 4) is 0 Å². The molecule has 0 bridgehead atoms. The van der Waals surface area contributed by atoms with Crippen LogP contribution in [0.4, 0.5) is 0 Å². The lowest BCUT2D eigenvalue weighted by molar-refractivity contribution is -0.104. The van der Waals surface area contributed by atoms with E-state index in [1.165, 1.54) is 5.57 Å². The Morgan fingerprint density at radius 1 is 1.04 bits per heavy atom. The molecular weight excluding hydrogens is 288 g/mol. The summed E-state index contributed by atoms with van der Waals surface area (Å²) in [4.78, 5) is 0. The topological polar surface area (TPSA) is 60.7 Å². The molecule has 0 radical (unpaired) electrons. The number of fused-ring (bicyclic) bond motifs is 1. The monoisotopic (exact) mass is 322 g/mol. The zero-order valence-corrected chi connectivity index (χ0v) is 14.8. The van der Waals surface area contributed by atoms with Gasteiger partial charge in [-0.15, -0.1) is 0 Å². The molecule has 7 unspecified atom stereocenters. The van der Waals surface area contributed by atoms with Crippen molar-refractivity contribution >= 4 is 0 Å². The average molecular weight is 322 g/mol. The Labute approximate surface area is 140 Å². The van der Waals surface area contributed by atoms with Crippen molar-refractivity contribution in [2.45, 2.75) is 64.9 Å². The van der Waals surface area contributed by atoms with Crippen LogP contribution in [0, 0.1) is 34.5 Å². The van der Waals surface area contributed by atoms with Gasteiger partial charge in [-0.25, -0.2) is 0 Å². The molecule has 3 nitrogen and oxygen atoms in total. The van der Waals surface area contributed by atoms with Crippen LogP contribution in [-0.2, 0) is 0 Å². The largest absolute Gasteiger partial charge is 0.396 e. The van der Waals surface area contributed by atoms with Gasteiger partial charge in [0.2, 0.25) is 0 Å². The fourth-order valence-electron chi connectivity index (χ4n) is 6.44. The van der Waals surface area contributed by atoms with Gasteiger partial charge in [0.05, 0.1) is 6.10 Å². The average Bonchev–Trinajstić information content (AvgIpc) is 2.84. The van der Waals surface area contributed by atoms with Gasteiger partial charge >= 0.3 is 0 Å². The SMILES string of the molecule is C=C1CCC2C(CO)C(C3(C)CCC(O)CC3CO)CCC12C. The molecule has 0 amide bonds. The van der Waals surface area contributed by atoms with Crippen LogP contribution in [0.2, 0.25) is 0 Å². The van der Waals surface area contributed by atoms with E-state index in [2.05, 4.69) is 20.4 Å². The van der Waals surface area contributed by atoms with Gasteiger partial charge in [0, 0.05) is 13.2 Å². The van der Waals surface area contributed by atoms with Crippen LogP contribution in [0.15, 0.2) is 12.2 Å². The Kier molecular flexibility index (Phi) is 4.67. The molecule has 0 spiro atoms. The first-order chi connectivity index (χ1) is 10.9. The second kappa shape index (κ2) is 6.16. The zero-order chi connectivity index (χ0) is 16.8. The van der Waals surface area contributed by atoms with Gasteiger partial charge in [0.25, 0.3) is 0 Å². The third kappa shape index (κ3) is 2.60. The van der Waals surface area contributed by atoms with Gasteiger partial charge in [-0.2, -0.15) is 0 Å². The highest BCUT2D eigenvalue weighted by atomic mass is 16.3. The lowest BCUT2D eigenvalue weighted by Gasteiger charge is -2.56. The van der Waals surface area contributed by atoms with Gasteiger partial charge in [-0.3, -0.25) is 0 Å². The quantitative estimate of drug-likeness (QED) is 0.700. The lowest BCUT2D eigenvalue weighted by atomic mass is 9.49. The summed E-state index contributed by atoms with van der Waals surface area (Å²) >= 11 is 0. The molecule has 3 fully saturated rings. The maximum atomic E-state index is 10.2. The van der Waals surface area contributed by atoms with E-state index in [0.29, 0.717) is 24.2 Å². The van der Waals surface area contributed by atoms with Crippen molar-refractivity contribution in [2.75, 3.05) is 13.2 Å². The number of aliphatic hydroxyl groups excluding tert-OH is 3. The van der Waals surface area contributed by atoms with Crippen molar-refractivity contribution in [1.82, 2.24) is 0 Å². The molecule has 7 atom stereocenters. The maximum absolute atomic E-state index is 10.2. The summed E-state index contributed by atoms with van der Waals surface area (Å²) in [5.41, 5.74) is 1.61. The number of allylic oxidation sites excluding steroid dienone is 1. The minimum Gasteiger partial charge on any atom is -0.396 e. The molecule has 23 heavy (non-hydrogen) atoms. The van der Waals surface area contributed by atoms with Crippen molar-refractivity contribution in [3.05, 3.63) is 12.2 Å². The fourth-order valence-corrected chi connectivity index (χ4v) is 6.44. The van der Waals surface area contributed by atoms with E-state index in [1.54, 1.807) is 0 Å². The predicted molar refractivity (Wildman–Crippen MR) is 91.8 cm³/mol. The molecule has 0 aromatic heterocycles. The molecule has 132 valence electrons. The van der Waals surface area contributed by atoms with Gasteiger partial charge in [0.1, 0.15) is 0 Å². The first-order valence-electron chi connectivity index (χ1n) is 9.45. The van der Waals surface area contributed by atoms with Crippen molar-refractivity contribution in [2.24, 2.45) is 34.5 Å². The Bertz CT molecular complexity index is 462. The highest BCUT2D eigenvalue weighted by Gasteiger charge is 2.56. The van der Waals surface area contributed by atoms with E-state index in [1.807, 2.05) is 0 Å². The highest BCUT2D eigenvalue weighted by molar-refractivity contribution is 5.20. The standard InChI is InChI=1S/C20H34O3/c1-13-4-5-17-16(12-22)18(7-9-19(13,17)2)20(3)8-6-15(23)10-14(20)11-21/h14-18,21-23H,1,4-12H2,2-3H3. The third-order valence-electron chi connectivity index (χ3n) is 8.18. The first-order valence-corrected chi connectivity index (χ1v) is 9.45. The van der Waals surface area contributed by atoms with E-state index in [-0.39, 0.29) is 36.1 Å². The second-order valence-corrected chi connectivity index (χ2v) is 8.97. The summed E-state index contributed by atoms with van der Waals surface area (Å²) in [5.74, 6) is 1.43. The summed E-state index contributed by atoms with van der Waals surface area (Å²) in [6.07, 6.45) is 6.75. The van der Waals surface area contributed by atoms with Gasteiger partial charge in [0.15, 0.2) is 0 Å². The molecule has 3 heteroatoms. The summed E-state index contributed by atoms with van der Waals surface area (Å²) in [5, 5.41) is 30.2. The Hall–Kier alpha value is -0.380. The molecule has 3 saturated carbocycles. The van der Waals surface area contributed by atoms with Crippen LogP contribution in [0.3, 0.4) is 0 Å². The van der Waals surface area contributed by atoms with Gasteiger partial charge in [-0.1, -0.05) is 26.0 Å². The Balaban J connectivity index is 1.89. The van der Waals surface area contributed by atoms with Crippen LogP contribution in [0.1, 0.15) is 58.8 Å². The van der Waals surface area contributed by atoms with E-state index in [9.17, 15) is 15.3 Å². The van der Waals surface area contributed by atoms with Crippen LogP contribution in [0.5, 0.6) is 0 Å². The smallest absolute Gasteiger partial charge is 0.0544 e. The predicted octanol–water partition coefficient (Wildman–Crippen LogP) is 3.14. The molecule has 0 saturated heterocycles. The molecule has 0 aromatic rings. The minimum absolute atomic E-state index is 0.0344. The summed E-state index contributed by atoms with van der Waals surface area (Å²) in [6.45, 7) is 9.37. The van der Waals surface area contributed by atoms with Crippen LogP contribution < -0.4 is 0 Å². The third-order valence-corrected chi connectivity index (χ3v) is 8.18. The normalized spacial score (nSPS) is 50.8. The van der Waals surface area contributed by atoms with Crippen LogP contribution >= 0.6 is 0 Å². The second-order valence-electron chi connectivity index (χ2n) is 8.97. The molecule has 0 aromatic carbocycles. The molecule has 0 aliphatic heterocycles. The molecule has 3 aliphatic carbocycles. The lowest BCUT2D eigenvalue weighted by Crippen LogP contribution is -2.52. The summed E-state index contributed by atoms with van der Waals surface area (Å²) < 4.78 is 0. The van der Waals surface area contributed by atoms with Crippen LogP contribution in [0.25, 0.3) is 0 Å². The highest BCUT2D eigenvalue weighted by Crippen LogP contribution is 2.63. The van der Waals surface area contributed by atoms with Gasteiger partial charge in [-0.05, 0) is 79.4 Å². The number of rotatable bonds is 3. The summed E-state index contributed by atoms with van der Waals surface area (Å²) in [6, 6.07) is 0. The van der Waals surface area contributed by atoms with E-state index < -0.39 is 0 Å². The van der Waals surface area contributed by atoms with E-state index in [4.69, 9.17) is 0 Å². The molecule has 3 rings (SSSR count). The molecular formula is C20H34O3. The van der Waals surface area contributed by atoms with Crippen molar-refractivity contribution in [3.63, 3.8) is 0 Å². The van der Waals surface area contributed by atoms with E-state index in [0.717, 1.165) is 38.5 Å². The minimum atomic E-state index is -0.270. The summed E-state index contributed by atoms with van der Waals surface area (Å²) in [7, 11) is 0. The van der Waals surface area contributed by atoms with Gasteiger partial charge < -0.3 is 15.3 Å². The van der Waals surface area contributed by atoms with Crippen molar-refractivity contribution < 1.29 is 15.3 Å². The van der Waals surface area contributed by atoms with Crippen molar-refractivity contribution in [1.29, 1.82) is 0 Å². The first kappa shape index (κ1) is 17.4. The molecule has 3 N–H and O–H groups in total. The molecule has 0 heterocycles. The number of hydrogen-bond acceptors (Lipinski definition) is 3. The Morgan fingerprint density at radius 3 is 2.43 bits per heavy atom. The number of hydrogen-bond donors (Lipinski definition) is 3. The number of aliphatic hydroxyl groups is 3. The molecule has 3 aliphatic rings. The maximum Gasteiger partial charge on any atom is 0.0544 e.